The van der Waals surface area contributed by atoms with Gasteiger partial charge in [-0.05, 0) is 61.1 Å². The minimum atomic E-state index is -3.93. The predicted molar refractivity (Wildman–Crippen MR) is 182 cm³/mol. The van der Waals surface area contributed by atoms with Crippen LogP contribution in [0.4, 0.5) is 0 Å². The molecule has 1 aliphatic heterocycles. The minimum Gasteiger partial charge on any atom is -0.497 e. The second-order valence-electron chi connectivity index (χ2n) is 12.2. The summed E-state index contributed by atoms with van der Waals surface area (Å²) in [6.45, 7) is 8.41. The van der Waals surface area contributed by atoms with Crippen molar-refractivity contribution in [1.29, 1.82) is 0 Å². The first-order valence-corrected chi connectivity index (χ1v) is 17.3. The van der Waals surface area contributed by atoms with Gasteiger partial charge in [-0.1, -0.05) is 43.0 Å². The number of likely N-dealkylation sites (tertiary alicyclic amines) is 1. The van der Waals surface area contributed by atoms with Crippen LogP contribution in [0.2, 0.25) is 0 Å². The van der Waals surface area contributed by atoms with Crippen molar-refractivity contribution in [2.45, 2.75) is 61.6 Å². The topological polar surface area (TPSA) is 173 Å². The van der Waals surface area contributed by atoms with Crippen molar-refractivity contribution in [3.63, 3.8) is 0 Å². The summed E-state index contributed by atoms with van der Waals surface area (Å²) in [7, 11) is -2.37. The van der Waals surface area contributed by atoms with E-state index in [4.69, 9.17) is 9.47 Å². The molecule has 2 heterocycles. The van der Waals surface area contributed by atoms with Gasteiger partial charge in [0.15, 0.2) is 0 Å². The maximum absolute atomic E-state index is 14.3. The lowest BCUT2D eigenvalue weighted by Crippen LogP contribution is -2.61. The molecule has 13 nitrogen and oxygen atoms in total. The zero-order chi connectivity index (χ0) is 35.3. The molecule has 1 aromatic heterocycles. The molecular formula is C35H39N5O8S. The summed E-state index contributed by atoms with van der Waals surface area (Å²) in [6.07, 6.45) is 4.02. The standard InChI is InChI=1S/C35H39N5O8S/c1-5-30(41)37-28(18-22-10-8-7-9-11-22)33(43)40-21-25(48-32-27-15-12-24(47-4)19-23(27)16-17-36-32)20-29(40)31(42)38-35(3,6-2)34(44)39-49(45,46)26-13-14-26/h5-12,15-17,19,25-26,28-29H,1-2,13-14,18,20-21H2,3-4H3,(H,37,41)(H,38,42)(H,39,44)/t25-,28-,29+,35-/m1/s1. The van der Waals surface area contributed by atoms with Crippen molar-refractivity contribution < 1.29 is 37.1 Å². The Morgan fingerprint density at radius 3 is 2.49 bits per heavy atom. The number of amides is 4. The Bertz CT molecular complexity index is 1880. The molecule has 1 saturated carbocycles. The molecule has 3 N–H and O–H groups in total. The Labute approximate surface area is 284 Å². The second kappa shape index (κ2) is 14.5. The first-order valence-electron chi connectivity index (χ1n) is 15.8. The summed E-state index contributed by atoms with van der Waals surface area (Å²) in [5, 5.41) is 6.10. The fraction of sp³-hybridized carbons (Fsp3) is 0.343. The third-order valence-electron chi connectivity index (χ3n) is 8.61. The minimum absolute atomic E-state index is 0.00548. The molecule has 2 aromatic carbocycles. The summed E-state index contributed by atoms with van der Waals surface area (Å²) in [6, 6.07) is 14.0. The fourth-order valence-electron chi connectivity index (χ4n) is 5.60. The highest BCUT2D eigenvalue weighted by molar-refractivity contribution is 7.91. The maximum atomic E-state index is 14.3. The number of carbonyl (C=O) groups excluding carboxylic acids is 4. The number of hydrogen-bond acceptors (Lipinski definition) is 9. The Hall–Kier alpha value is -5.24. The van der Waals surface area contributed by atoms with Crippen molar-refractivity contribution in [1.82, 2.24) is 25.2 Å². The van der Waals surface area contributed by atoms with E-state index in [9.17, 15) is 27.6 Å². The third kappa shape index (κ3) is 8.08. The molecule has 2 aliphatic rings. The zero-order valence-corrected chi connectivity index (χ0v) is 28.1. The highest BCUT2D eigenvalue weighted by Crippen LogP contribution is 2.31. The predicted octanol–water partition coefficient (Wildman–Crippen LogP) is 2.17. The van der Waals surface area contributed by atoms with Crippen molar-refractivity contribution in [2.24, 2.45) is 0 Å². The Morgan fingerprint density at radius 2 is 1.84 bits per heavy atom. The van der Waals surface area contributed by atoms with Gasteiger partial charge >= 0.3 is 0 Å². The fourth-order valence-corrected chi connectivity index (χ4v) is 6.99. The smallest absolute Gasteiger partial charge is 0.262 e. The van der Waals surface area contributed by atoms with Crippen LogP contribution in [0.1, 0.15) is 31.7 Å². The maximum Gasteiger partial charge on any atom is 0.262 e. The van der Waals surface area contributed by atoms with E-state index in [1.165, 1.54) is 11.8 Å². The second-order valence-corrected chi connectivity index (χ2v) is 14.2. The normalized spacial score (nSPS) is 19.2. The number of pyridine rings is 1. The lowest BCUT2D eigenvalue weighted by molar-refractivity contribution is -0.142. The average Bonchev–Trinajstić information content (AvgIpc) is 3.88. The van der Waals surface area contributed by atoms with Gasteiger partial charge in [0.05, 0.1) is 18.9 Å². The molecule has 2 fully saturated rings. The first-order chi connectivity index (χ1) is 23.4. The van der Waals surface area contributed by atoms with Crippen molar-refractivity contribution >= 4 is 44.4 Å². The monoisotopic (exact) mass is 689 g/mol. The van der Waals surface area contributed by atoms with E-state index in [0.29, 0.717) is 24.0 Å². The van der Waals surface area contributed by atoms with Crippen LogP contribution in [0.25, 0.3) is 10.8 Å². The van der Waals surface area contributed by atoms with Crippen molar-refractivity contribution in [2.75, 3.05) is 13.7 Å². The molecule has 0 unspecified atom stereocenters. The molecule has 0 spiro atoms. The SMILES string of the molecule is C=CC(=O)N[C@H](Cc1ccccc1)C(=O)N1C[C@H](Oc2nccc3cc(OC)ccc23)C[C@H]1C(=O)N[C@](C)(C=C)C(=O)NS(=O)(=O)C1CC1. The molecule has 4 amide bonds. The number of hydrogen-bond donors (Lipinski definition) is 3. The van der Waals surface area contributed by atoms with Crippen LogP contribution in [0.5, 0.6) is 11.6 Å². The van der Waals surface area contributed by atoms with Gasteiger partial charge in [0, 0.05) is 24.4 Å². The third-order valence-corrected chi connectivity index (χ3v) is 10.4. The number of nitrogens with one attached hydrogen (secondary N) is 3. The molecular weight excluding hydrogens is 650 g/mol. The quantitative estimate of drug-likeness (QED) is 0.169. The van der Waals surface area contributed by atoms with E-state index >= 15 is 0 Å². The molecule has 1 aliphatic carbocycles. The van der Waals surface area contributed by atoms with Crippen molar-refractivity contribution in [3.05, 3.63) is 91.7 Å². The molecule has 3 aromatic rings. The lowest BCUT2D eigenvalue weighted by Gasteiger charge is -2.31. The number of methoxy groups -OCH3 is 1. The van der Waals surface area contributed by atoms with Crippen LogP contribution in [0.3, 0.4) is 0 Å². The zero-order valence-electron chi connectivity index (χ0n) is 27.3. The van der Waals surface area contributed by atoms with Crippen LogP contribution < -0.4 is 24.8 Å². The van der Waals surface area contributed by atoms with E-state index < -0.39 is 62.6 Å². The van der Waals surface area contributed by atoms with Gasteiger partial charge in [-0.2, -0.15) is 0 Å². The van der Waals surface area contributed by atoms with Crippen molar-refractivity contribution in [3.8, 4) is 11.6 Å². The molecule has 49 heavy (non-hydrogen) atoms. The van der Waals surface area contributed by atoms with Gasteiger partial charge < -0.3 is 25.0 Å². The number of carbonyl (C=O) groups is 4. The van der Waals surface area contributed by atoms with E-state index in [2.05, 4.69) is 28.8 Å². The van der Waals surface area contributed by atoms with Gasteiger partial charge in [0.1, 0.15) is 29.5 Å². The molecule has 258 valence electrons. The Balaban J connectivity index is 1.44. The van der Waals surface area contributed by atoms with Gasteiger partial charge in [0.2, 0.25) is 33.6 Å². The van der Waals surface area contributed by atoms with E-state index in [0.717, 1.165) is 23.1 Å². The van der Waals surface area contributed by atoms with Crippen LogP contribution >= 0.6 is 0 Å². The summed E-state index contributed by atoms with van der Waals surface area (Å²) in [4.78, 5) is 59.6. The Kier molecular flexibility index (Phi) is 10.4. The lowest BCUT2D eigenvalue weighted by atomic mass is 10.0. The Morgan fingerprint density at radius 1 is 1.10 bits per heavy atom. The van der Waals surface area contributed by atoms with E-state index in [-0.39, 0.29) is 25.3 Å². The van der Waals surface area contributed by atoms with Crippen LogP contribution in [0.15, 0.2) is 86.1 Å². The van der Waals surface area contributed by atoms with Crippen LogP contribution in [-0.4, -0.2) is 84.6 Å². The molecule has 14 heteroatoms. The number of fused-ring (bicyclic) bond motifs is 1. The summed E-state index contributed by atoms with van der Waals surface area (Å²) >= 11 is 0. The average molecular weight is 690 g/mol. The molecule has 0 bridgehead atoms. The summed E-state index contributed by atoms with van der Waals surface area (Å²) in [5.41, 5.74) is -1.08. The van der Waals surface area contributed by atoms with E-state index in [1.807, 2.05) is 29.0 Å². The molecule has 0 radical (unpaired) electrons. The van der Waals surface area contributed by atoms with Gasteiger partial charge in [-0.25, -0.2) is 13.4 Å². The van der Waals surface area contributed by atoms with Gasteiger partial charge in [-0.15, -0.1) is 6.58 Å². The van der Waals surface area contributed by atoms with Crippen LogP contribution in [-0.2, 0) is 35.6 Å². The number of nitrogens with zero attached hydrogens (tertiary/aromatic N) is 2. The summed E-state index contributed by atoms with van der Waals surface area (Å²) < 4.78 is 38.8. The number of sulfonamides is 1. The molecule has 1 saturated heterocycles. The van der Waals surface area contributed by atoms with E-state index in [1.54, 1.807) is 43.6 Å². The summed E-state index contributed by atoms with van der Waals surface area (Å²) in [5.74, 6) is -1.95. The highest BCUT2D eigenvalue weighted by Gasteiger charge is 2.46. The van der Waals surface area contributed by atoms with Crippen LogP contribution in [0, 0.1) is 0 Å². The number of rotatable bonds is 14. The molecule has 5 rings (SSSR count). The highest BCUT2D eigenvalue weighted by atomic mass is 32.2. The molecule has 4 atom stereocenters. The number of benzene rings is 2. The largest absolute Gasteiger partial charge is 0.497 e. The first kappa shape index (κ1) is 35.1. The number of aromatic nitrogens is 1. The van der Waals surface area contributed by atoms with Gasteiger partial charge in [0.25, 0.3) is 5.91 Å². The van der Waals surface area contributed by atoms with Gasteiger partial charge in [-0.3, -0.25) is 23.9 Å². The number of ether oxygens (including phenoxy) is 2.